The fraction of sp³-hybridized carbons (Fsp3) is 0.100. The molecule has 0 aliphatic carbocycles. The third-order valence-corrected chi connectivity index (χ3v) is 7.81. The van der Waals surface area contributed by atoms with Crippen LogP contribution in [0.2, 0.25) is 10.0 Å². The van der Waals surface area contributed by atoms with E-state index in [9.17, 15) is 14.9 Å². The zero-order valence-corrected chi connectivity index (χ0v) is 23.8. The lowest BCUT2D eigenvalue weighted by atomic mass is 10.0. The third-order valence-electron chi connectivity index (χ3n) is 6.26. The standard InChI is InChI=1S/C30H23Cl2N5O3S/c31-22-11-16-25(26(32)18-22)29(38)33-27(17-20-7-3-1-4-8-20)28-34-35-30(41-19-21-9-5-2-6-10-21)36(28)23-12-14-24(15-13-23)37(39)40/h1-16,18,27H,17,19H2,(H,33,38). The Hall–Kier alpha value is -4.18. The average Bonchev–Trinajstić information content (AvgIpc) is 3.40. The number of halogens is 2. The quantitative estimate of drug-likeness (QED) is 0.101. The number of aromatic nitrogens is 3. The average molecular weight is 605 g/mol. The van der Waals surface area contributed by atoms with Gasteiger partial charge in [-0.15, -0.1) is 10.2 Å². The second-order valence-electron chi connectivity index (χ2n) is 9.06. The number of nitro benzene ring substituents is 1. The summed E-state index contributed by atoms with van der Waals surface area (Å²) in [6.45, 7) is 0. The number of nitrogens with zero attached hydrogens (tertiary/aromatic N) is 4. The number of nitrogens with one attached hydrogen (secondary N) is 1. The van der Waals surface area contributed by atoms with E-state index in [4.69, 9.17) is 23.2 Å². The Morgan fingerprint density at radius 1 is 0.902 bits per heavy atom. The van der Waals surface area contributed by atoms with Crippen LogP contribution in [0.25, 0.3) is 5.69 Å². The van der Waals surface area contributed by atoms with E-state index < -0.39 is 16.9 Å². The van der Waals surface area contributed by atoms with E-state index in [0.717, 1.165) is 11.1 Å². The number of carbonyl (C=O) groups is 1. The maximum atomic E-state index is 13.5. The Labute approximate surface area is 250 Å². The van der Waals surface area contributed by atoms with Crippen molar-refractivity contribution >= 4 is 46.6 Å². The minimum atomic E-state index is -0.620. The Kier molecular flexibility index (Phi) is 8.98. The summed E-state index contributed by atoms with van der Waals surface area (Å²) in [6, 6.07) is 29.9. The number of thioether (sulfide) groups is 1. The van der Waals surface area contributed by atoms with Gasteiger partial charge >= 0.3 is 0 Å². The van der Waals surface area contributed by atoms with E-state index in [0.29, 0.717) is 33.9 Å². The Balaban J connectivity index is 1.56. The molecule has 8 nitrogen and oxygen atoms in total. The number of hydrogen-bond acceptors (Lipinski definition) is 6. The molecule has 0 aliphatic heterocycles. The molecule has 0 saturated carbocycles. The van der Waals surface area contributed by atoms with Crippen LogP contribution in [0.3, 0.4) is 0 Å². The number of rotatable bonds is 10. The highest BCUT2D eigenvalue weighted by molar-refractivity contribution is 7.98. The van der Waals surface area contributed by atoms with Gasteiger partial charge in [-0.05, 0) is 47.9 Å². The molecule has 4 aromatic carbocycles. The highest BCUT2D eigenvalue weighted by Crippen LogP contribution is 2.30. The monoisotopic (exact) mass is 603 g/mol. The molecule has 1 N–H and O–H groups in total. The zero-order valence-electron chi connectivity index (χ0n) is 21.5. The third kappa shape index (κ3) is 6.94. The summed E-state index contributed by atoms with van der Waals surface area (Å²) in [5.74, 6) is 0.697. The summed E-state index contributed by atoms with van der Waals surface area (Å²) in [5.41, 5.74) is 2.94. The first-order valence-electron chi connectivity index (χ1n) is 12.6. The maximum absolute atomic E-state index is 13.5. The van der Waals surface area contributed by atoms with Crippen LogP contribution in [0.5, 0.6) is 0 Å². The van der Waals surface area contributed by atoms with Gasteiger partial charge in [0.1, 0.15) is 0 Å². The van der Waals surface area contributed by atoms with E-state index in [1.165, 1.54) is 30.0 Å². The second-order valence-corrected chi connectivity index (χ2v) is 10.9. The van der Waals surface area contributed by atoms with E-state index in [1.54, 1.807) is 24.3 Å². The minimum absolute atomic E-state index is 0.0339. The van der Waals surface area contributed by atoms with Gasteiger partial charge in [0.15, 0.2) is 11.0 Å². The Bertz CT molecular complexity index is 1670. The van der Waals surface area contributed by atoms with Crippen LogP contribution in [0.1, 0.15) is 33.4 Å². The van der Waals surface area contributed by atoms with Crippen LogP contribution in [-0.4, -0.2) is 25.6 Å². The van der Waals surface area contributed by atoms with E-state index in [1.807, 2.05) is 65.2 Å². The molecular formula is C30H23Cl2N5O3S. The molecule has 0 saturated heterocycles. The Morgan fingerprint density at radius 3 is 2.20 bits per heavy atom. The molecular weight excluding hydrogens is 581 g/mol. The Morgan fingerprint density at radius 2 is 1.56 bits per heavy atom. The van der Waals surface area contributed by atoms with Crippen LogP contribution in [0.15, 0.2) is 108 Å². The first kappa shape index (κ1) is 28.4. The predicted molar refractivity (Wildman–Crippen MR) is 161 cm³/mol. The van der Waals surface area contributed by atoms with Crippen molar-refractivity contribution in [3.8, 4) is 5.69 Å². The summed E-state index contributed by atoms with van der Waals surface area (Å²) >= 11 is 13.9. The fourth-order valence-electron chi connectivity index (χ4n) is 4.25. The minimum Gasteiger partial charge on any atom is -0.342 e. The predicted octanol–water partition coefficient (Wildman–Crippen LogP) is 7.49. The zero-order chi connectivity index (χ0) is 28.8. The largest absolute Gasteiger partial charge is 0.342 e. The molecule has 1 heterocycles. The molecule has 0 spiro atoms. The smallest absolute Gasteiger partial charge is 0.269 e. The van der Waals surface area contributed by atoms with Gasteiger partial charge < -0.3 is 5.32 Å². The first-order valence-corrected chi connectivity index (χ1v) is 14.3. The number of nitro groups is 1. The molecule has 11 heteroatoms. The van der Waals surface area contributed by atoms with Crippen molar-refractivity contribution in [2.45, 2.75) is 23.4 Å². The molecule has 5 rings (SSSR count). The van der Waals surface area contributed by atoms with Crippen LogP contribution >= 0.6 is 35.0 Å². The van der Waals surface area contributed by atoms with Gasteiger partial charge in [0.2, 0.25) is 0 Å². The number of non-ortho nitro benzene ring substituents is 1. The van der Waals surface area contributed by atoms with Gasteiger partial charge in [-0.1, -0.05) is 95.6 Å². The normalized spacial score (nSPS) is 11.7. The molecule has 1 aromatic heterocycles. The summed E-state index contributed by atoms with van der Waals surface area (Å²) < 4.78 is 1.83. The summed E-state index contributed by atoms with van der Waals surface area (Å²) in [5, 5.41) is 24.6. The molecule has 0 fully saturated rings. The van der Waals surface area contributed by atoms with Crippen LogP contribution in [-0.2, 0) is 12.2 Å². The molecule has 1 amide bonds. The van der Waals surface area contributed by atoms with Gasteiger partial charge in [0, 0.05) is 28.6 Å². The van der Waals surface area contributed by atoms with Crippen LogP contribution in [0, 0.1) is 10.1 Å². The highest BCUT2D eigenvalue weighted by Gasteiger charge is 2.26. The highest BCUT2D eigenvalue weighted by atomic mass is 35.5. The SMILES string of the molecule is O=C(NC(Cc1ccccc1)c1nnc(SCc2ccccc2)n1-c1ccc([N+](=O)[O-])cc1)c1ccc(Cl)cc1Cl. The van der Waals surface area contributed by atoms with Crippen molar-refractivity contribution in [1.82, 2.24) is 20.1 Å². The topological polar surface area (TPSA) is 103 Å². The molecule has 0 bridgehead atoms. The lowest BCUT2D eigenvalue weighted by Gasteiger charge is -2.20. The fourth-order valence-corrected chi connectivity index (χ4v) is 5.66. The molecule has 1 atom stereocenters. The molecule has 41 heavy (non-hydrogen) atoms. The number of carbonyl (C=O) groups excluding carboxylic acids is 1. The number of benzene rings is 4. The van der Waals surface area contributed by atoms with Crippen LogP contribution in [0.4, 0.5) is 5.69 Å². The summed E-state index contributed by atoms with van der Waals surface area (Å²) in [7, 11) is 0. The van der Waals surface area contributed by atoms with Gasteiger partial charge in [0.25, 0.3) is 11.6 Å². The van der Waals surface area contributed by atoms with Gasteiger partial charge in [-0.3, -0.25) is 19.5 Å². The lowest BCUT2D eigenvalue weighted by molar-refractivity contribution is -0.384. The molecule has 0 aliphatic rings. The van der Waals surface area contributed by atoms with Crippen molar-refractivity contribution in [3.63, 3.8) is 0 Å². The second kappa shape index (κ2) is 13.0. The van der Waals surface area contributed by atoms with Crippen molar-refractivity contribution in [2.24, 2.45) is 0 Å². The van der Waals surface area contributed by atoms with Crippen LogP contribution < -0.4 is 5.32 Å². The first-order chi connectivity index (χ1) is 19.9. The van der Waals surface area contributed by atoms with E-state index in [-0.39, 0.29) is 16.3 Å². The van der Waals surface area contributed by atoms with E-state index >= 15 is 0 Å². The van der Waals surface area contributed by atoms with Gasteiger partial charge in [-0.25, -0.2) is 0 Å². The molecule has 1 unspecified atom stereocenters. The maximum Gasteiger partial charge on any atom is 0.269 e. The van der Waals surface area contributed by atoms with Crippen molar-refractivity contribution < 1.29 is 9.72 Å². The van der Waals surface area contributed by atoms with Crippen molar-refractivity contribution in [2.75, 3.05) is 0 Å². The number of hydrogen-bond donors (Lipinski definition) is 1. The molecule has 5 aromatic rings. The summed E-state index contributed by atoms with van der Waals surface area (Å²) in [4.78, 5) is 24.3. The lowest BCUT2D eigenvalue weighted by Crippen LogP contribution is -2.32. The van der Waals surface area contributed by atoms with E-state index in [2.05, 4.69) is 15.5 Å². The number of amides is 1. The van der Waals surface area contributed by atoms with Gasteiger partial charge in [-0.2, -0.15) is 0 Å². The van der Waals surface area contributed by atoms with Gasteiger partial charge in [0.05, 0.1) is 21.6 Å². The van der Waals surface area contributed by atoms with Crippen molar-refractivity contribution in [3.05, 3.63) is 146 Å². The molecule has 0 radical (unpaired) electrons. The summed E-state index contributed by atoms with van der Waals surface area (Å²) in [6.07, 6.45) is 0.409. The van der Waals surface area contributed by atoms with Crippen molar-refractivity contribution in [1.29, 1.82) is 0 Å². The molecule has 206 valence electrons.